The minimum Gasteiger partial charge on any atom is -0.312 e. The fourth-order valence-corrected chi connectivity index (χ4v) is 4.26. The van der Waals surface area contributed by atoms with Crippen LogP contribution in [0.1, 0.15) is 72.1 Å². The molecule has 1 unspecified atom stereocenters. The molecule has 0 aromatic rings. The van der Waals surface area contributed by atoms with Crippen molar-refractivity contribution in [3.63, 3.8) is 0 Å². The molecule has 0 spiro atoms. The van der Waals surface area contributed by atoms with Crippen LogP contribution in [0.4, 0.5) is 0 Å². The molecule has 1 atom stereocenters. The van der Waals surface area contributed by atoms with Crippen molar-refractivity contribution in [3.05, 3.63) is 0 Å². The van der Waals surface area contributed by atoms with Crippen molar-refractivity contribution in [2.75, 3.05) is 19.6 Å². The fraction of sp³-hybridized carbons (Fsp3) is 1.00. The van der Waals surface area contributed by atoms with Gasteiger partial charge >= 0.3 is 0 Å². The Morgan fingerprint density at radius 1 is 0.810 bits per heavy atom. The summed E-state index contributed by atoms with van der Waals surface area (Å²) >= 11 is 15.0. The predicted molar refractivity (Wildman–Crippen MR) is 111 cm³/mol. The van der Waals surface area contributed by atoms with E-state index in [4.69, 9.17) is 0 Å². The summed E-state index contributed by atoms with van der Waals surface area (Å²) in [6, 6.07) is 0. The van der Waals surface area contributed by atoms with E-state index in [0.29, 0.717) is 4.95 Å². The molecule has 128 valence electrons. The number of halogens is 4. The van der Waals surface area contributed by atoms with Crippen molar-refractivity contribution in [1.29, 1.82) is 0 Å². The summed E-state index contributed by atoms with van der Waals surface area (Å²) in [4.78, 5) is 0.550. The number of rotatable bonds is 12. The van der Waals surface area contributed by atoms with Gasteiger partial charge in [-0.25, -0.2) is 0 Å². The summed E-state index contributed by atoms with van der Waals surface area (Å²) in [5.41, 5.74) is 0. The third kappa shape index (κ3) is 10.4. The second-order valence-electron chi connectivity index (χ2n) is 6.04. The quantitative estimate of drug-likeness (QED) is 0.132. The molecule has 0 saturated heterocycles. The summed E-state index contributed by atoms with van der Waals surface area (Å²) in [7, 11) is 0. The zero-order chi connectivity index (χ0) is 16.4. The van der Waals surface area contributed by atoms with Crippen LogP contribution in [-0.2, 0) is 0 Å². The first-order chi connectivity index (χ1) is 9.81. The summed E-state index contributed by atoms with van der Waals surface area (Å²) < 4.78 is 1.13. The van der Waals surface area contributed by atoms with E-state index in [1.54, 1.807) is 0 Å². The first kappa shape index (κ1) is 22.9. The van der Waals surface area contributed by atoms with Crippen molar-refractivity contribution in [3.8, 4) is 0 Å². The minimum atomic E-state index is -0.116. The number of unbranched alkanes of at least 4 members (excludes halogenated alkanes) is 3. The highest BCUT2D eigenvalue weighted by atomic mass is 80.0. The van der Waals surface area contributed by atoms with Gasteiger partial charge < -0.3 is 4.48 Å². The number of hydrogen-bond acceptors (Lipinski definition) is 0. The van der Waals surface area contributed by atoms with Gasteiger partial charge in [-0.15, -0.1) is 0 Å². The van der Waals surface area contributed by atoms with E-state index in [1.165, 1.54) is 69.1 Å². The maximum absolute atomic E-state index is 4.05. The molecule has 0 heterocycles. The van der Waals surface area contributed by atoms with Crippen LogP contribution >= 0.6 is 63.7 Å². The molecule has 0 aliphatic carbocycles. The minimum absolute atomic E-state index is 0.116. The molecule has 5 heteroatoms. The van der Waals surface area contributed by atoms with Crippen LogP contribution in [0.15, 0.2) is 0 Å². The average Bonchev–Trinajstić information content (AvgIpc) is 2.43. The Balaban J connectivity index is 4.90. The molecule has 0 amide bonds. The van der Waals surface area contributed by atoms with E-state index in [2.05, 4.69) is 84.5 Å². The first-order valence-electron chi connectivity index (χ1n) is 8.38. The lowest BCUT2D eigenvalue weighted by Crippen LogP contribution is -2.55. The maximum atomic E-state index is 4.05. The third-order valence-corrected chi connectivity index (χ3v) is 6.65. The van der Waals surface area contributed by atoms with E-state index in [0.717, 1.165) is 6.42 Å². The van der Waals surface area contributed by atoms with Gasteiger partial charge in [-0.05, 0) is 41.6 Å². The molecule has 0 rings (SSSR count). The summed E-state index contributed by atoms with van der Waals surface area (Å²) in [5, 5.41) is 0. The fourth-order valence-electron chi connectivity index (χ4n) is 2.73. The molecular weight excluding hydrogens is 526 g/mol. The van der Waals surface area contributed by atoms with Crippen LogP contribution in [0.2, 0.25) is 0 Å². The number of alkyl halides is 4. The van der Waals surface area contributed by atoms with Crippen LogP contribution in [0, 0.1) is 0 Å². The SMILES string of the molecule is CCCC[N+](CCCC)(CCCC)C(Br)CCC(Br)(Br)Br. The molecule has 0 radical (unpaired) electrons. The van der Waals surface area contributed by atoms with Gasteiger partial charge in [-0.3, -0.25) is 0 Å². The van der Waals surface area contributed by atoms with Gasteiger partial charge in [0.1, 0.15) is 7.09 Å². The highest BCUT2D eigenvalue weighted by Crippen LogP contribution is 2.40. The van der Waals surface area contributed by atoms with Crippen LogP contribution in [0.3, 0.4) is 0 Å². The van der Waals surface area contributed by atoms with Crippen molar-refractivity contribution < 1.29 is 4.48 Å². The highest BCUT2D eigenvalue weighted by molar-refractivity contribution is 9.39. The molecule has 0 aliphatic rings. The Bertz CT molecular complexity index is 231. The largest absolute Gasteiger partial charge is 0.312 e. The standard InChI is InChI=1S/C16H32Br4N/c1-4-7-12-21(13-8-5-2,14-9-6-3)15(17)10-11-16(18,19)20/h15H,4-14H2,1-3H3/q+1. The maximum Gasteiger partial charge on any atom is 0.144 e. The van der Waals surface area contributed by atoms with Crippen molar-refractivity contribution >= 4 is 63.7 Å². The Morgan fingerprint density at radius 3 is 1.48 bits per heavy atom. The van der Waals surface area contributed by atoms with Crippen LogP contribution in [0.25, 0.3) is 0 Å². The Kier molecular flexibility index (Phi) is 13.4. The van der Waals surface area contributed by atoms with Gasteiger partial charge in [-0.1, -0.05) is 87.8 Å². The van der Waals surface area contributed by atoms with Gasteiger partial charge in [0.05, 0.1) is 19.6 Å². The van der Waals surface area contributed by atoms with E-state index in [9.17, 15) is 0 Å². The zero-order valence-corrected chi connectivity index (χ0v) is 20.2. The van der Waals surface area contributed by atoms with Gasteiger partial charge in [0, 0.05) is 6.42 Å². The van der Waals surface area contributed by atoms with Gasteiger partial charge in [-0.2, -0.15) is 0 Å². The van der Waals surface area contributed by atoms with Crippen LogP contribution < -0.4 is 0 Å². The molecular formula is C16H32Br4N+. The van der Waals surface area contributed by atoms with Crippen LogP contribution in [0.5, 0.6) is 0 Å². The molecule has 0 aromatic heterocycles. The second kappa shape index (κ2) is 12.3. The van der Waals surface area contributed by atoms with Gasteiger partial charge in [0.15, 0.2) is 0 Å². The highest BCUT2D eigenvalue weighted by Gasteiger charge is 2.35. The molecule has 0 N–H and O–H groups in total. The molecule has 0 aromatic carbocycles. The topological polar surface area (TPSA) is 0 Å². The van der Waals surface area contributed by atoms with Crippen molar-refractivity contribution in [1.82, 2.24) is 0 Å². The van der Waals surface area contributed by atoms with Gasteiger partial charge in [0.25, 0.3) is 0 Å². The van der Waals surface area contributed by atoms with Gasteiger partial charge in [0.2, 0.25) is 0 Å². The summed E-state index contributed by atoms with van der Waals surface area (Å²) in [6.07, 6.45) is 10.1. The number of hydrogen-bond donors (Lipinski definition) is 0. The van der Waals surface area contributed by atoms with Crippen molar-refractivity contribution in [2.45, 2.75) is 79.2 Å². The van der Waals surface area contributed by atoms with E-state index in [1.807, 2.05) is 0 Å². The Labute approximate surface area is 166 Å². The number of quaternary nitrogens is 1. The van der Waals surface area contributed by atoms with E-state index >= 15 is 0 Å². The Morgan fingerprint density at radius 2 is 1.19 bits per heavy atom. The van der Waals surface area contributed by atoms with E-state index in [-0.39, 0.29) is 2.14 Å². The molecule has 1 nitrogen and oxygen atoms in total. The zero-order valence-electron chi connectivity index (χ0n) is 13.8. The normalized spacial score (nSPS) is 14.4. The molecule has 0 aliphatic heterocycles. The average molecular weight is 558 g/mol. The summed E-state index contributed by atoms with van der Waals surface area (Å²) in [6.45, 7) is 10.8. The number of nitrogens with zero attached hydrogens (tertiary/aromatic N) is 1. The molecule has 0 fully saturated rings. The third-order valence-electron chi connectivity index (χ3n) is 4.13. The van der Waals surface area contributed by atoms with Crippen LogP contribution in [-0.4, -0.2) is 31.2 Å². The first-order valence-corrected chi connectivity index (χ1v) is 11.7. The molecule has 0 bridgehead atoms. The molecule has 21 heavy (non-hydrogen) atoms. The Hall–Kier alpha value is 1.88. The summed E-state index contributed by atoms with van der Waals surface area (Å²) in [5.74, 6) is 0. The van der Waals surface area contributed by atoms with E-state index < -0.39 is 0 Å². The lowest BCUT2D eigenvalue weighted by Gasteiger charge is -2.43. The van der Waals surface area contributed by atoms with Crippen molar-refractivity contribution in [2.24, 2.45) is 0 Å². The second-order valence-corrected chi connectivity index (χ2v) is 14.3. The monoisotopic (exact) mass is 554 g/mol. The lowest BCUT2D eigenvalue weighted by molar-refractivity contribution is -0.937. The molecule has 0 saturated carbocycles. The predicted octanol–water partition coefficient (Wildman–Crippen LogP) is 7.54. The lowest BCUT2D eigenvalue weighted by atomic mass is 10.1. The smallest absolute Gasteiger partial charge is 0.144 e.